The Bertz CT molecular complexity index is 1200. The molecule has 4 heterocycles. The van der Waals surface area contributed by atoms with E-state index in [1.807, 2.05) is 53.4 Å². The summed E-state index contributed by atoms with van der Waals surface area (Å²) in [4.78, 5) is 24.9. The number of nitrogens with zero attached hydrogens (tertiary/aromatic N) is 5. The van der Waals surface area contributed by atoms with Gasteiger partial charge in [0.1, 0.15) is 23.3 Å². The van der Waals surface area contributed by atoms with Gasteiger partial charge in [0.05, 0.1) is 18.4 Å². The van der Waals surface area contributed by atoms with Crippen LogP contribution in [0.2, 0.25) is 0 Å². The number of aromatic nitrogens is 2. The molecule has 0 radical (unpaired) electrons. The van der Waals surface area contributed by atoms with Gasteiger partial charge in [-0.25, -0.2) is 4.98 Å². The lowest BCUT2D eigenvalue weighted by molar-refractivity contribution is -0.141. The van der Waals surface area contributed by atoms with Gasteiger partial charge in [-0.2, -0.15) is 0 Å². The number of pyridine rings is 1. The molecule has 0 saturated carbocycles. The Balaban J connectivity index is 1.21. The number of rotatable bonds is 6. The average Bonchev–Trinajstić information content (AvgIpc) is 3.49. The molecule has 1 atom stereocenters. The zero-order valence-corrected chi connectivity index (χ0v) is 18.6. The van der Waals surface area contributed by atoms with Gasteiger partial charge in [-0.15, -0.1) is 0 Å². The normalized spacial score (nSPS) is 17.4. The summed E-state index contributed by atoms with van der Waals surface area (Å²) in [6.45, 7) is 5.74. The number of aliphatic hydroxyl groups excluding tert-OH is 1. The van der Waals surface area contributed by atoms with Gasteiger partial charge in [0, 0.05) is 45.1 Å². The van der Waals surface area contributed by atoms with E-state index in [0.717, 1.165) is 54.6 Å². The number of allylic oxidation sites excluding steroid dienone is 1. The SMILES string of the molecule is C[C@H](O)C(=O)N1CCN(Cc2cn3cc(Oc4ccc(C5=CC=NC5)cc4)ccc3n2)CC1. The van der Waals surface area contributed by atoms with Crippen LogP contribution in [0.25, 0.3) is 11.2 Å². The molecule has 8 nitrogen and oxygen atoms in total. The molecule has 33 heavy (non-hydrogen) atoms. The Labute approximate surface area is 192 Å². The number of aliphatic hydroxyl groups is 1. The van der Waals surface area contributed by atoms with Crippen LogP contribution in [0.5, 0.6) is 11.5 Å². The van der Waals surface area contributed by atoms with Gasteiger partial charge in [-0.05, 0) is 48.4 Å². The van der Waals surface area contributed by atoms with E-state index >= 15 is 0 Å². The molecule has 2 aromatic heterocycles. The quantitative estimate of drug-likeness (QED) is 0.631. The van der Waals surface area contributed by atoms with Crippen molar-refractivity contribution in [2.45, 2.75) is 19.6 Å². The second kappa shape index (κ2) is 9.17. The average molecular weight is 446 g/mol. The fourth-order valence-corrected chi connectivity index (χ4v) is 4.19. The first-order valence-corrected chi connectivity index (χ1v) is 11.2. The van der Waals surface area contributed by atoms with E-state index in [2.05, 4.69) is 22.0 Å². The van der Waals surface area contributed by atoms with Crippen LogP contribution in [0.15, 0.2) is 59.9 Å². The van der Waals surface area contributed by atoms with Gasteiger partial charge in [-0.3, -0.25) is 14.7 Å². The number of hydrogen-bond acceptors (Lipinski definition) is 6. The lowest BCUT2D eigenvalue weighted by atomic mass is 10.1. The van der Waals surface area contributed by atoms with E-state index < -0.39 is 6.10 Å². The molecule has 1 aromatic carbocycles. The summed E-state index contributed by atoms with van der Waals surface area (Å²) >= 11 is 0. The van der Waals surface area contributed by atoms with Crippen LogP contribution < -0.4 is 4.74 Å². The maximum absolute atomic E-state index is 11.9. The molecule has 1 N–H and O–H groups in total. The summed E-state index contributed by atoms with van der Waals surface area (Å²) < 4.78 is 8.03. The molecule has 3 aromatic rings. The molecule has 8 heteroatoms. The van der Waals surface area contributed by atoms with Gasteiger partial charge in [0.2, 0.25) is 0 Å². The number of ether oxygens (including phenoxy) is 1. The molecular weight excluding hydrogens is 418 g/mol. The topological polar surface area (TPSA) is 82.7 Å². The van der Waals surface area contributed by atoms with Gasteiger partial charge in [0.25, 0.3) is 5.91 Å². The molecule has 0 unspecified atom stereocenters. The number of imidazole rings is 1. The minimum absolute atomic E-state index is 0.200. The number of benzene rings is 1. The third-order valence-electron chi connectivity index (χ3n) is 6.00. The molecule has 2 aliphatic heterocycles. The van der Waals surface area contributed by atoms with Crippen molar-refractivity contribution in [1.82, 2.24) is 19.2 Å². The molecule has 170 valence electrons. The molecule has 1 fully saturated rings. The zero-order valence-electron chi connectivity index (χ0n) is 18.6. The van der Waals surface area contributed by atoms with E-state index in [0.29, 0.717) is 13.1 Å². The van der Waals surface area contributed by atoms with Gasteiger partial charge >= 0.3 is 0 Å². The molecule has 0 aliphatic carbocycles. The van der Waals surface area contributed by atoms with Gasteiger partial charge in [0.15, 0.2) is 0 Å². The molecule has 0 bridgehead atoms. The van der Waals surface area contributed by atoms with Crippen LogP contribution in [-0.4, -0.2) is 75.2 Å². The summed E-state index contributed by atoms with van der Waals surface area (Å²) in [6.07, 6.45) is 6.89. The lowest BCUT2D eigenvalue weighted by Gasteiger charge is -2.34. The largest absolute Gasteiger partial charge is 0.456 e. The fraction of sp³-hybridized carbons (Fsp3) is 0.320. The molecular formula is C25H27N5O3. The van der Waals surface area contributed by atoms with Crippen molar-refractivity contribution in [2.75, 3.05) is 32.7 Å². The van der Waals surface area contributed by atoms with Crippen molar-refractivity contribution < 1.29 is 14.6 Å². The molecule has 0 spiro atoms. The smallest absolute Gasteiger partial charge is 0.251 e. The van der Waals surface area contributed by atoms with Crippen LogP contribution in [0, 0.1) is 0 Å². The number of hydrogen-bond donors (Lipinski definition) is 1. The minimum atomic E-state index is -0.941. The Morgan fingerprint density at radius 1 is 1.06 bits per heavy atom. The van der Waals surface area contributed by atoms with Crippen molar-refractivity contribution >= 4 is 23.3 Å². The zero-order chi connectivity index (χ0) is 22.8. The Hall–Kier alpha value is -3.49. The van der Waals surface area contributed by atoms with Crippen molar-refractivity contribution in [3.8, 4) is 11.5 Å². The highest BCUT2D eigenvalue weighted by Crippen LogP contribution is 2.25. The molecule has 1 amide bonds. The van der Waals surface area contributed by atoms with Crippen molar-refractivity contribution in [3.05, 3.63) is 66.1 Å². The molecule has 2 aliphatic rings. The van der Waals surface area contributed by atoms with E-state index in [4.69, 9.17) is 9.72 Å². The van der Waals surface area contributed by atoms with Crippen molar-refractivity contribution in [2.24, 2.45) is 4.99 Å². The van der Waals surface area contributed by atoms with E-state index in [1.165, 1.54) is 12.5 Å². The third kappa shape index (κ3) is 4.81. The standard InChI is InChI=1S/C25H27N5O3/c1-18(31)25(32)29-12-10-28(11-13-29)15-21-16-30-17-23(6-7-24(30)27-21)33-22-4-2-19(3-5-22)20-8-9-26-14-20/h2-9,16-18,31H,10-15H2,1H3/t18-/m0/s1. The summed E-state index contributed by atoms with van der Waals surface area (Å²) in [7, 11) is 0. The second-order valence-corrected chi connectivity index (χ2v) is 8.45. The number of carbonyl (C=O) groups excluding carboxylic acids is 1. The predicted octanol–water partition coefficient (Wildman–Crippen LogP) is 2.62. The van der Waals surface area contributed by atoms with Gasteiger partial charge in [-0.1, -0.05) is 12.1 Å². The highest BCUT2D eigenvalue weighted by atomic mass is 16.5. The second-order valence-electron chi connectivity index (χ2n) is 8.45. The van der Waals surface area contributed by atoms with Crippen molar-refractivity contribution in [1.29, 1.82) is 0 Å². The minimum Gasteiger partial charge on any atom is -0.456 e. The van der Waals surface area contributed by atoms with E-state index in [-0.39, 0.29) is 5.91 Å². The maximum Gasteiger partial charge on any atom is 0.251 e. The van der Waals surface area contributed by atoms with Crippen LogP contribution in [0.1, 0.15) is 18.2 Å². The molecule has 1 saturated heterocycles. The van der Waals surface area contributed by atoms with Crippen LogP contribution in [0.3, 0.4) is 0 Å². The van der Waals surface area contributed by atoms with Gasteiger partial charge < -0.3 is 19.1 Å². The monoisotopic (exact) mass is 445 g/mol. The third-order valence-corrected chi connectivity index (χ3v) is 6.00. The first-order chi connectivity index (χ1) is 16.0. The van der Waals surface area contributed by atoms with Crippen LogP contribution in [-0.2, 0) is 11.3 Å². The van der Waals surface area contributed by atoms with Crippen LogP contribution in [0.4, 0.5) is 0 Å². The first-order valence-electron chi connectivity index (χ1n) is 11.2. The summed E-state index contributed by atoms with van der Waals surface area (Å²) in [5.41, 5.74) is 4.21. The Morgan fingerprint density at radius 3 is 2.52 bits per heavy atom. The fourth-order valence-electron chi connectivity index (χ4n) is 4.19. The van der Waals surface area contributed by atoms with E-state index in [1.54, 1.807) is 4.90 Å². The highest BCUT2D eigenvalue weighted by molar-refractivity contribution is 5.89. The number of amides is 1. The number of piperazine rings is 1. The lowest BCUT2D eigenvalue weighted by Crippen LogP contribution is -2.50. The number of carbonyl (C=O) groups is 1. The first kappa shape index (κ1) is 21.4. The van der Waals surface area contributed by atoms with Crippen LogP contribution >= 0.6 is 0 Å². The highest BCUT2D eigenvalue weighted by Gasteiger charge is 2.24. The Morgan fingerprint density at radius 2 is 1.82 bits per heavy atom. The molecule has 5 rings (SSSR count). The number of aliphatic imine (C=N–C) groups is 1. The predicted molar refractivity (Wildman–Crippen MR) is 127 cm³/mol. The van der Waals surface area contributed by atoms with Crippen molar-refractivity contribution in [3.63, 3.8) is 0 Å². The maximum atomic E-state index is 11.9. The summed E-state index contributed by atoms with van der Waals surface area (Å²) in [6, 6.07) is 11.9. The summed E-state index contributed by atoms with van der Waals surface area (Å²) in [5, 5.41) is 9.49. The Kier molecular flexibility index (Phi) is 5.93. The summed E-state index contributed by atoms with van der Waals surface area (Å²) in [5.74, 6) is 1.32. The van der Waals surface area contributed by atoms with E-state index in [9.17, 15) is 9.90 Å². The number of fused-ring (bicyclic) bond motifs is 1.